The van der Waals surface area contributed by atoms with Crippen LogP contribution < -0.4 is 18.9 Å². The smallest absolute Gasteiger partial charge is 0.131 e. The van der Waals surface area contributed by atoms with Crippen LogP contribution in [0.1, 0.15) is 113 Å². The Bertz CT molecular complexity index is 3610. The number of ether oxygens (including phenoxy) is 4. The molecule has 0 aliphatic rings. The van der Waals surface area contributed by atoms with Gasteiger partial charge in [-0.15, -0.1) is 0 Å². The number of phenols is 2. The summed E-state index contributed by atoms with van der Waals surface area (Å²) in [6.07, 6.45) is 1.63. The summed E-state index contributed by atoms with van der Waals surface area (Å²) in [5, 5.41) is 34.7. The first-order chi connectivity index (χ1) is 38.4. The minimum atomic E-state index is -0.348. The van der Waals surface area contributed by atoms with Crippen molar-refractivity contribution < 1.29 is 29.2 Å². The first-order valence-electron chi connectivity index (χ1n) is 28.7. The summed E-state index contributed by atoms with van der Waals surface area (Å²) in [5.41, 5.74) is 8.04. The molecule has 10 aromatic rings. The molecule has 0 unspecified atom stereocenters. The molecule has 0 radical (unpaired) electrons. The van der Waals surface area contributed by atoms with Gasteiger partial charge in [0.1, 0.15) is 34.5 Å². The molecule has 2 N–H and O–H groups in total. The molecule has 416 valence electrons. The van der Waals surface area contributed by atoms with Crippen molar-refractivity contribution >= 4 is 43.1 Å². The van der Waals surface area contributed by atoms with Gasteiger partial charge in [-0.1, -0.05) is 166 Å². The van der Waals surface area contributed by atoms with E-state index in [0.29, 0.717) is 40.5 Å². The van der Waals surface area contributed by atoms with E-state index in [1.165, 1.54) is 0 Å². The Kier molecular flexibility index (Phi) is 15.2. The summed E-state index contributed by atoms with van der Waals surface area (Å²) >= 11 is 0. The molecule has 10 rings (SSSR count). The predicted octanol–water partition coefficient (Wildman–Crippen LogP) is 20.4. The molecule has 0 saturated heterocycles. The number of hydrogen-bond acceptors (Lipinski definition) is 6. The molecule has 10 aromatic carbocycles. The highest BCUT2D eigenvalue weighted by Gasteiger charge is 2.33. The summed E-state index contributed by atoms with van der Waals surface area (Å²) in [6, 6.07) is 58.7. The SMILES string of the molecule is COc1ccc(O[C@H](C)C[C@H](C)Oc2ccc(OC)cc2-c2cc(C(C)(C)CC(C)(C)C)cc(-c3c4ccccc4cc4ccccc34)c2O)c(-c2cc(C(C)(C)CC(C)(C)C)cc(-c3c4ccccc4cc4ccccc34)c2O)c1. The minimum absolute atomic E-state index is 0.0298. The lowest BCUT2D eigenvalue weighted by Crippen LogP contribution is -2.25. The molecular formula is C75H80O6. The molecule has 6 nitrogen and oxygen atoms in total. The Morgan fingerprint density at radius 2 is 0.679 bits per heavy atom. The first-order valence-corrected chi connectivity index (χ1v) is 28.7. The van der Waals surface area contributed by atoms with Crippen LogP contribution in [-0.2, 0) is 10.8 Å². The topological polar surface area (TPSA) is 77.4 Å². The zero-order valence-corrected chi connectivity index (χ0v) is 50.0. The molecule has 0 amide bonds. The Labute approximate surface area is 480 Å². The van der Waals surface area contributed by atoms with Crippen molar-refractivity contribution in [3.05, 3.63) is 181 Å². The summed E-state index contributed by atoms with van der Waals surface area (Å²) < 4.78 is 25.9. The predicted molar refractivity (Wildman–Crippen MR) is 340 cm³/mol. The fraction of sp³-hybridized carbons (Fsp3) is 0.307. The Morgan fingerprint density at radius 1 is 0.370 bits per heavy atom. The van der Waals surface area contributed by atoms with Gasteiger partial charge in [0.2, 0.25) is 0 Å². The molecule has 0 spiro atoms. The van der Waals surface area contributed by atoms with Crippen LogP contribution in [0.4, 0.5) is 0 Å². The van der Waals surface area contributed by atoms with Crippen molar-refractivity contribution in [1.82, 2.24) is 0 Å². The third-order valence-corrected chi connectivity index (χ3v) is 16.1. The third kappa shape index (κ3) is 11.7. The van der Waals surface area contributed by atoms with E-state index in [9.17, 15) is 10.2 Å². The van der Waals surface area contributed by atoms with E-state index in [4.69, 9.17) is 18.9 Å². The molecule has 81 heavy (non-hydrogen) atoms. The third-order valence-electron chi connectivity index (χ3n) is 16.1. The maximum absolute atomic E-state index is 13.0. The van der Waals surface area contributed by atoms with Gasteiger partial charge < -0.3 is 29.2 Å². The zero-order chi connectivity index (χ0) is 57.8. The molecule has 0 bridgehead atoms. The number of aromatic hydroxyl groups is 2. The van der Waals surface area contributed by atoms with E-state index < -0.39 is 0 Å². The normalized spacial score (nSPS) is 13.2. The van der Waals surface area contributed by atoms with Crippen molar-refractivity contribution in [2.24, 2.45) is 10.8 Å². The quantitative estimate of drug-likeness (QED) is 0.0939. The number of fused-ring (bicyclic) bond motifs is 4. The number of hydrogen-bond donors (Lipinski definition) is 2. The van der Waals surface area contributed by atoms with E-state index >= 15 is 0 Å². The molecule has 2 atom stereocenters. The van der Waals surface area contributed by atoms with Crippen LogP contribution in [0.5, 0.6) is 34.5 Å². The molecule has 0 aliphatic heterocycles. The van der Waals surface area contributed by atoms with Crippen LogP contribution in [0, 0.1) is 10.8 Å². The van der Waals surface area contributed by atoms with Crippen molar-refractivity contribution in [3.8, 4) is 79.0 Å². The van der Waals surface area contributed by atoms with Crippen LogP contribution in [0.25, 0.3) is 87.6 Å². The Balaban J connectivity index is 1.05. The summed E-state index contributed by atoms with van der Waals surface area (Å²) in [7, 11) is 3.33. The molecule has 6 heteroatoms. The maximum atomic E-state index is 13.0. The van der Waals surface area contributed by atoms with Gasteiger partial charge in [-0.2, -0.15) is 0 Å². The van der Waals surface area contributed by atoms with Crippen LogP contribution in [0.3, 0.4) is 0 Å². The van der Waals surface area contributed by atoms with Gasteiger partial charge in [0.05, 0.1) is 26.4 Å². The monoisotopic (exact) mass is 1080 g/mol. The van der Waals surface area contributed by atoms with Gasteiger partial charge in [-0.3, -0.25) is 0 Å². The van der Waals surface area contributed by atoms with Gasteiger partial charge in [-0.05, 0) is 175 Å². The molecular weight excluding hydrogens is 997 g/mol. The molecule has 0 fully saturated rings. The fourth-order valence-corrected chi connectivity index (χ4v) is 13.2. The average molecular weight is 1080 g/mol. The molecule has 0 saturated carbocycles. The lowest BCUT2D eigenvalue weighted by molar-refractivity contribution is 0.131. The lowest BCUT2D eigenvalue weighted by Gasteiger charge is -2.34. The van der Waals surface area contributed by atoms with Crippen molar-refractivity contribution in [1.29, 1.82) is 0 Å². The van der Waals surface area contributed by atoms with Crippen LogP contribution in [-0.4, -0.2) is 36.6 Å². The fourth-order valence-electron chi connectivity index (χ4n) is 13.2. The van der Waals surface area contributed by atoms with Crippen LogP contribution in [0.15, 0.2) is 170 Å². The minimum Gasteiger partial charge on any atom is -0.507 e. The van der Waals surface area contributed by atoms with Gasteiger partial charge in [0, 0.05) is 50.9 Å². The van der Waals surface area contributed by atoms with Crippen LogP contribution >= 0.6 is 0 Å². The van der Waals surface area contributed by atoms with Crippen LogP contribution in [0.2, 0.25) is 0 Å². The number of benzene rings is 10. The van der Waals surface area contributed by atoms with Crippen molar-refractivity contribution in [2.45, 2.75) is 125 Å². The van der Waals surface area contributed by atoms with Gasteiger partial charge in [0.25, 0.3) is 0 Å². The maximum Gasteiger partial charge on any atom is 0.131 e. The van der Waals surface area contributed by atoms with E-state index in [2.05, 4.69) is 217 Å². The van der Waals surface area contributed by atoms with E-state index in [1.807, 2.05) is 36.4 Å². The average Bonchev–Trinajstić information content (AvgIpc) is 3.61. The highest BCUT2D eigenvalue weighted by Crippen LogP contribution is 2.53. The summed E-state index contributed by atoms with van der Waals surface area (Å²) in [6.45, 7) is 27.0. The second-order valence-electron chi connectivity index (χ2n) is 26.3. The van der Waals surface area contributed by atoms with E-state index in [1.54, 1.807) is 14.2 Å². The van der Waals surface area contributed by atoms with Gasteiger partial charge in [0.15, 0.2) is 0 Å². The lowest BCUT2D eigenvalue weighted by atomic mass is 9.71. The summed E-state index contributed by atoms with van der Waals surface area (Å²) in [5.74, 6) is 2.87. The number of rotatable bonds is 16. The van der Waals surface area contributed by atoms with Gasteiger partial charge in [-0.25, -0.2) is 0 Å². The zero-order valence-electron chi connectivity index (χ0n) is 50.0. The summed E-state index contributed by atoms with van der Waals surface area (Å²) in [4.78, 5) is 0. The number of phenolic OH excluding ortho intramolecular Hbond substituents is 2. The van der Waals surface area contributed by atoms with E-state index in [0.717, 1.165) is 100 Å². The number of methoxy groups -OCH3 is 2. The Morgan fingerprint density at radius 3 is 0.988 bits per heavy atom. The first kappa shape index (κ1) is 56.3. The molecule has 0 aliphatic carbocycles. The standard InChI is InChI=1S/C75H80O6/c1-46(80-66-33-31-54(78-13)42-60(66)62-38-52(74(9,10)44-72(3,4)5)40-64(70(62)76)68-56-27-19-15-23-48(56)36-49-24-16-20-28-57(49)68)35-47(2)81-67-34-32-55(79-14)43-61(67)63-39-53(75(11,12)45-73(6,7)8)41-65(71(63)77)69-58-29-21-17-25-50(58)37-51-26-18-22-30-59(51)69/h15-34,36-43,46-47,76-77H,35,44-45H2,1-14H3/t46-,47+. The second-order valence-corrected chi connectivity index (χ2v) is 26.3. The van der Waals surface area contributed by atoms with E-state index in [-0.39, 0.29) is 45.4 Å². The molecule has 0 aromatic heterocycles. The van der Waals surface area contributed by atoms with Crippen molar-refractivity contribution in [3.63, 3.8) is 0 Å². The second kappa shape index (κ2) is 21.8. The Hall–Kier alpha value is -7.96. The van der Waals surface area contributed by atoms with Gasteiger partial charge >= 0.3 is 0 Å². The van der Waals surface area contributed by atoms with Crippen molar-refractivity contribution in [2.75, 3.05) is 14.2 Å². The molecule has 0 heterocycles. The highest BCUT2D eigenvalue weighted by molar-refractivity contribution is 6.15. The largest absolute Gasteiger partial charge is 0.507 e. The highest BCUT2D eigenvalue weighted by atomic mass is 16.5.